The highest BCUT2D eigenvalue weighted by Crippen LogP contribution is 2.36. The maximum absolute atomic E-state index is 12.9. The largest absolute Gasteiger partial charge is 0.417 e. The quantitative estimate of drug-likeness (QED) is 0.862. The van der Waals surface area contributed by atoms with E-state index in [0.717, 1.165) is 31.1 Å². The van der Waals surface area contributed by atoms with Crippen molar-refractivity contribution in [3.05, 3.63) is 29.3 Å². The molecule has 0 aliphatic heterocycles. The molecule has 1 saturated carbocycles. The summed E-state index contributed by atoms with van der Waals surface area (Å²) in [6.07, 6.45) is -2.28. The van der Waals surface area contributed by atoms with Gasteiger partial charge in [0.1, 0.15) is 4.99 Å². The van der Waals surface area contributed by atoms with E-state index >= 15 is 0 Å². The predicted octanol–water partition coefficient (Wildman–Crippen LogP) is 3.33. The van der Waals surface area contributed by atoms with E-state index in [2.05, 4.69) is 4.90 Å². The zero-order valence-corrected chi connectivity index (χ0v) is 11.3. The molecule has 6 heteroatoms. The second-order valence-corrected chi connectivity index (χ2v) is 5.05. The van der Waals surface area contributed by atoms with Crippen molar-refractivity contribution in [3.63, 3.8) is 0 Å². The molecule has 0 bridgehead atoms. The molecule has 1 aromatic carbocycles. The second-order valence-electron chi connectivity index (χ2n) is 4.61. The number of alkyl halides is 3. The first kappa shape index (κ1) is 14.1. The van der Waals surface area contributed by atoms with Gasteiger partial charge in [-0.15, -0.1) is 0 Å². The van der Waals surface area contributed by atoms with Crippen LogP contribution in [0.3, 0.4) is 0 Å². The Kier molecular flexibility index (Phi) is 3.71. The van der Waals surface area contributed by atoms with Gasteiger partial charge < -0.3 is 10.6 Å². The summed E-state index contributed by atoms with van der Waals surface area (Å²) in [5.41, 5.74) is 5.31. The topological polar surface area (TPSA) is 29.3 Å². The van der Waals surface area contributed by atoms with Crippen LogP contribution in [0.25, 0.3) is 0 Å². The molecule has 2 rings (SSSR count). The average Bonchev–Trinajstić information content (AvgIpc) is 3.13. The van der Waals surface area contributed by atoms with Gasteiger partial charge in [0.15, 0.2) is 0 Å². The summed E-state index contributed by atoms with van der Waals surface area (Å²) in [5.74, 6) is 0. The molecule has 0 atom stereocenters. The van der Waals surface area contributed by atoms with Crippen LogP contribution in [0.15, 0.2) is 18.2 Å². The highest BCUT2D eigenvalue weighted by atomic mass is 32.1. The first-order chi connectivity index (χ1) is 8.84. The summed E-state index contributed by atoms with van der Waals surface area (Å²) in [6, 6.07) is 4.44. The van der Waals surface area contributed by atoms with Crippen LogP contribution in [0.5, 0.6) is 0 Å². The fourth-order valence-corrected chi connectivity index (χ4v) is 2.37. The molecule has 0 spiro atoms. The van der Waals surface area contributed by atoms with Crippen LogP contribution in [0.2, 0.25) is 0 Å². The van der Waals surface area contributed by atoms with Crippen molar-refractivity contribution in [1.82, 2.24) is 0 Å². The number of nitrogens with zero attached hydrogens (tertiary/aromatic N) is 1. The van der Waals surface area contributed by atoms with Crippen LogP contribution in [-0.4, -0.2) is 17.6 Å². The summed E-state index contributed by atoms with van der Waals surface area (Å²) < 4.78 is 38.6. The minimum atomic E-state index is -4.44. The van der Waals surface area contributed by atoms with E-state index in [1.54, 1.807) is 0 Å². The number of nitrogens with two attached hydrogens (primary N) is 1. The van der Waals surface area contributed by atoms with Crippen molar-refractivity contribution >= 4 is 22.9 Å². The second kappa shape index (κ2) is 5.00. The van der Waals surface area contributed by atoms with E-state index in [4.69, 9.17) is 18.0 Å². The van der Waals surface area contributed by atoms with Gasteiger partial charge in [0, 0.05) is 23.8 Å². The van der Waals surface area contributed by atoms with Gasteiger partial charge in [-0.3, -0.25) is 0 Å². The minimum absolute atomic E-state index is 0.0981. The Morgan fingerprint density at radius 3 is 2.47 bits per heavy atom. The van der Waals surface area contributed by atoms with Crippen LogP contribution in [0, 0.1) is 0 Å². The van der Waals surface area contributed by atoms with Crippen LogP contribution in [-0.2, 0) is 6.18 Å². The Balaban J connectivity index is 2.44. The molecule has 2 N–H and O–H groups in total. The Morgan fingerprint density at radius 1 is 1.42 bits per heavy atom. The van der Waals surface area contributed by atoms with Gasteiger partial charge in [0.25, 0.3) is 0 Å². The first-order valence-electron chi connectivity index (χ1n) is 6.12. The van der Waals surface area contributed by atoms with E-state index in [9.17, 15) is 13.2 Å². The number of thiocarbonyl (C=S) groups is 1. The van der Waals surface area contributed by atoms with Crippen molar-refractivity contribution in [2.24, 2.45) is 5.73 Å². The fraction of sp³-hybridized carbons (Fsp3) is 0.462. The van der Waals surface area contributed by atoms with E-state index in [0.29, 0.717) is 6.04 Å². The Labute approximate surface area is 115 Å². The van der Waals surface area contributed by atoms with Gasteiger partial charge in [-0.1, -0.05) is 12.2 Å². The Morgan fingerprint density at radius 2 is 2.05 bits per heavy atom. The van der Waals surface area contributed by atoms with Gasteiger partial charge in [-0.25, -0.2) is 0 Å². The molecule has 0 aromatic heterocycles. The maximum Gasteiger partial charge on any atom is 0.417 e. The summed E-state index contributed by atoms with van der Waals surface area (Å²) >= 11 is 4.74. The molecule has 0 radical (unpaired) electrons. The number of benzene rings is 1. The summed E-state index contributed by atoms with van der Waals surface area (Å²) in [6.45, 7) is 2.74. The SMILES string of the molecule is CCN(c1ccc(C(F)(F)F)c(C(N)=S)c1)C1CC1. The molecular weight excluding hydrogens is 273 g/mol. The Hall–Kier alpha value is -1.30. The molecule has 0 unspecified atom stereocenters. The Bertz CT molecular complexity index is 495. The van der Waals surface area contributed by atoms with E-state index in [-0.39, 0.29) is 10.6 Å². The van der Waals surface area contributed by atoms with Crippen molar-refractivity contribution in [2.75, 3.05) is 11.4 Å². The van der Waals surface area contributed by atoms with Crippen molar-refractivity contribution in [2.45, 2.75) is 32.0 Å². The van der Waals surface area contributed by atoms with Crippen molar-refractivity contribution < 1.29 is 13.2 Å². The van der Waals surface area contributed by atoms with Gasteiger partial charge >= 0.3 is 6.18 Å². The lowest BCUT2D eigenvalue weighted by atomic mass is 10.1. The van der Waals surface area contributed by atoms with Crippen LogP contribution < -0.4 is 10.6 Å². The standard InChI is InChI=1S/C13H15F3N2S/c1-2-18(8-3-4-8)9-5-6-11(13(14,15)16)10(7-9)12(17)19/h5-8H,2-4H2,1H3,(H2,17,19). The number of hydrogen-bond acceptors (Lipinski definition) is 2. The molecule has 0 amide bonds. The summed E-state index contributed by atoms with van der Waals surface area (Å²) in [4.78, 5) is 1.86. The number of hydrogen-bond donors (Lipinski definition) is 1. The number of halogens is 3. The molecule has 0 heterocycles. The highest BCUT2D eigenvalue weighted by molar-refractivity contribution is 7.80. The molecule has 1 fully saturated rings. The van der Waals surface area contributed by atoms with E-state index in [1.807, 2.05) is 6.92 Å². The molecule has 2 nitrogen and oxygen atoms in total. The summed E-state index contributed by atoms with van der Waals surface area (Å²) in [5, 5.41) is 0. The lowest BCUT2D eigenvalue weighted by Crippen LogP contribution is -2.26. The van der Waals surface area contributed by atoms with Gasteiger partial charge in [-0.2, -0.15) is 13.2 Å². The van der Waals surface area contributed by atoms with Gasteiger partial charge in [0.2, 0.25) is 0 Å². The van der Waals surface area contributed by atoms with Crippen LogP contribution in [0.4, 0.5) is 18.9 Å². The fourth-order valence-electron chi connectivity index (χ4n) is 2.20. The molecular formula is C13H15F3N2S. The minimum Gasteiger partial charge on any atom is -0.389 e. The third kappa shape index (κ3) is 3.00. The zero-order valence-electron chi connectivity index (χ0n) is 10.5. The number of rotatable bonds is 4. The van der Waals surface area contributed by atoms with Crippen molar-refractivity contribution in [1.29, 1.82) is 0 Å². The normalized spacial score (nSPS) is 15.4. The number of anilines is 1. The smallest absolute Gasteiger partial charge is 0.389 e. The molecule has 0 saturated heterocycles. The molecule has 1 aliphatic rings. The lowest BCUT2D eigenvalue weighted by Gasteiger charge is -2.24. The third-order valence-electron chi connectivity index (χ3n) is 3.23. The van der Waals surface area contributed by atoms with E-state index in [1.165, 1.54) is 12.1 Å². The maximum atomic E-state index is 12.9. The van der Waals surface area contributed by atoms with Crippen LogP contribution >= 0.6 is 12.2 Å². The van der Waals surface area contributed by atoms with Gasteiger partial charge in [-0.05, 0) is 38.0 Å². The highest BCUT2D eigenvalue weighted by Gasteiger charge is 2.35. The van der Waals surface area contributed by atoms with Crippen molar-refractivity contribution in [3.8, 4) is 0 Å². The third-order valence-corrected chi connectivity index (χ3v) is 3.45. The monoisotopic (exact) mass is 288 g/mol. The molecule has 1 aliphatic carbocycles. The van der Waals surface area contributed by atoms with Crippen LogP contribution in [0.1, 0.15) is 30.9 Å². The van der Waals surface area contributed by atoms with E-state index < -0.39 is 11.7 Å². The molecule has 19 heavy (non-hydrogen) atoms. The molecule has 104 valence electrons. The summed E-state index contributed by atoms with van der Waals surface area (Å²) in [7, 11) is 0. The predicted molar refractivity (Wildman–Crippen MR) is 73.4 cm³/mol. The lowest BCUT2D eigenvalue weighted by molar-refractivity contribution is -0.137. The molecule has 1 aromatic rings. The average molecular weight is 288 g/mol. The zero-order chi connectivity index (χ0) is 14.2. The first-order valence-corrected chi connectivity index (χ1v) is 6.53. The van der Waals surface area contributed by atoms with Gasteiger partial charge in [0.05, 0.1) is 5.56 Å².